The van der Waals surface area contributed by atoms with E-state index in [0.29, 0.717) is 0 Å². The van der Waals surface area contributed by atoms with Gasteiger partial charge in [-0.05, 0) is 29.6 Å². The minimum atomic E-state index is -3.79. The van der Waals surface area contributed by atoms with E-state index in [1.165, 1.54) is 6.07 Å². The van der Waals surface area contributed by atoms with Crippen molar-refractivity contribution in [2.75, 3.05) is 12.3 Å². The number of anilines is 1. The van der Waals surface area contributed by atoms with Crippen LogP contribution in [-0.4, -0.2) is 15.0 Å². The fourth-order valence-corrected chi connectivity index (χ4v) is 3.98. The van der Waals surface area contributed by atoms with Gasteiger partial charge < -0.3 is 5.73 Å². The van der Waals surface area contributed by atoms with Gasteiger partial charge in [0.1, 0.15) is 5.82 Å². The molecule has 4 nitrogen and oxygen atoms in total. The van der Waals surface area contributed by atoms with E-state index < -0.39 is 15.8 Å². The van der Waals surface area contributed by atoms with Gasteiger partial charge in [0.25, 0.3) is 0 Å². The van der Waals surface area contributed by atoms with E-state index in [-0.39, 0.29) is 22.5 Å². The zero-order valence-corrected chi connectivity index (χ0v) is 13.4. The Morgan fingerprint density at radius 2 is 2.05 bits per heavy atom. The summed E-state index contributed by atoms with van der Waals surface area (Å²) in [5, 5.41) is 1.94. The van der Waals surface area contributed by atoms with E-state index in [2.05, 4.69) is 4.72 Å². The molecule has 0 atom stereocenters. The van der Waals surface area contributed by atoms with Crippen molar-refractivity contribution < 1.29 is 12.8 Å². The fraction of sp³-hybridized carbons (Fsp3) is 0.286. The van der Waals surface area contributed by atoms with E-state index in [0.717, 1.165) is 17.0 Å². The van der Waals surface area contributed by atoms with Crippen molar-refractivity contribution in [3.05, 3.63) is 46.4 Å². The number of rotatable bonds is 5. The first-order valence-electron chi connectivity index (χ1n) is 6.30. The molecule has 0 aliphatic carbocycles. The predicted molar refractivity (Wildman–Crippen MR) is 83.3 cm³/mol. The summed E-state index contributed by atoms with van der Waals surface area (Å²) in [6.07, 6.45) is 0. The minimum absolute atomic E-state index is 0.0768. The summed E-state index contributed by atoms with van der Waals surface area (Å²) >= 11 is 1.57. The summed E-state index contributed by atoms with van der Waals surface area (Å²) in [6, 6.07) is 7.15. The Labute approximate surface area is 127 Å². The van der Waals surface area contributed by atoms with Crippen molar-refractivity contribution in [1.29, 1.82) is 0 Å². The zero-order valence-electron chi connectivity index (χ0n) is 11.8. The van der Waals surface area contributed by atoms with Gasteiger partial charge >= 0.3 is 0 Å². The lowest BCUT2D eigenvalue weighted by Gasteiger charge is -2.23. The molecule has 0 saturated heterocycles. The largest absolute Gasteiger partial charge is 0.399 e. The van der Waals surface area contributed by atoms with Crippen LogP contribution in [0.25, 0.3) is 0 Å². The number of hydrogen-bond donors (Lipinski definition) is 2. The quantitative estimate of drug-likeness (QED) is 0.829. The molecule has 0 saturated carbocycles. The Kier molecular flexibility index (Phi) is 4.36. The molecule has 2 aromatic rings. The molecule has 0 amide bonds. The first-order valence-corrected chi connectivity index (χ1v) is 8.67. The van der Waals surface area contributed by atoms with Crippen molar-refractivity contribution in [3.8, 4) is 0 Å². The average Bonchev–Trinajstić information content (AvgIpc) is 2.90. The Bertz CT molecular complexity index is 705. The maximum atomic E-state index is 13.3. The van der Waals surface area contributed by atoms with E-state index in [9.17, 15) is 12.8 Å². The fourth-order valence-electron chi connectivity index (χ4n) is 1.85. The summed E-state index contributed by atoms with van der Waals surface area (Å²) < 4.78 is 40.2. The molecule has 0 fully saturated rings. The van der Waals surface area contributed by atoms with Crippen molar-refractivity contribution in [2.45, 2.75) is 24.2 Å². The van der Waals surface area contributed by atoms with Crippen molar-refractivity contribution in [3.63, 3.8) is 0 Å². The molecule has 1 heterocycles. The Balaban J connectivity index is 2.18. The van der Waals surface area contributed by atoms with Gasteiger partial charge in [0.15, 0.2) is 0 Å². The number of nitrogens with two attached hydrogens (primary N) is 1. The van der Waals surface area contributed by atoms with E-state index in [1.54, 1.807) is 11.3 Å². The lowest BCUT2D eigenvalue weighted by atomic mass is 9.92. The lowest BCUT2D eigenvalue weighted by Crippen LogP contribution is -2.36. The van der Waals surface area contributed by atoms with Crippen LogP contribution in [0.2, 0.25) is 0 Å². The molecule has 0 unspecified atom stereocenters. The summed E-state index contributed by atoms with van der Waals surface area (Å²) in [4.78, 5) is 0.908. The second-order valence-corrected chi connectivity index (χ2v) is 8.12. The van der Waals surface area contributed by atoms with Crippen LogP contribution in [0.5, 0.6) is 0 Å². The Morgan fingerprint density at radius 1 is 1.33 bits per heavy atom. The molecular weight excluding hydrogens is 311 g/mol. The topological polar surface area (TPSA) is 72.2 Å². The van der Waals surface area contributed by atoms with Crippen molar-refractivity contribution in [2.24, 2.45) is 0 Å². The molecular formula is C14H17FN2O2S2. The third kappa shape index (κ3) is 3.81. The normalized spacial score (nSPS) is 12.5. The van der Waals surface area contributed by atoms with Gasteiger partial charge in [-0.25, -0.2) is 17.5 Å². The van der Waals surface area contributed by atoms with Crippen LogP contribution in [0.1, 0.15) is 18.7 Å². The monoisotopic (exact) mass is 328 g/mol. The third-order valence-corrected chi connectivity index (χ3v) is 5.71. The van der Waals surface area contributed by atoms with Crippen LogP contribution in [0.15, 0.2) is 40.6 Å². The van der Waals surface area contributed by atoms with Gasteiger partial charge in [-0.3, -0.25) is 0 Å². The minimum Gasteiger partial charge on any atom is -0.399 e. The third-order valence-electron chi connectivity index (χ3n) is 3.10. The second-order valence-electron chi connectivity index (χ2n) is 5.41. The maximum absolute atomic E-state index is 13.3. The maximum Gasteiger partial charge on any atom is 0.240 e. The SMILES string of the molecule is CC(C)(CNS(=O)(=O)c1cc(N)cc(F)c1)c1cccs1. The van der Waals surface area contributed by atoms with Crippen LogP contribution in [0.4, 0.5) is 10.1 Å². The summed E-state index contributed by atoms with van der Waals surface area (Å²) in [7, 11) is -3.79. The second kappa shape index (κ2) is 5.75. The summed E-state index contributed by atoms with van der Waals surface area (Å²) in [5.41, 5.74) is 5.21. The molecule has 2 rings (SSSR count). The molecule has 1 aromatic carbocycles. The standard InChI is InChI=1S/C14H17FN2O2S2/c1-14(2,13-4-3-5-20-13)9-17-21(18,19)12-7-10(15)6-11(16)8-12/h3-8,17H,9,16H2,1-2H3. The molecule has 0 aliphatic rings. The molecule has 0 bridgehead atoms. The molecule has 3 N–H and O–H groups in total. The molecule has 0 aliphatic heterocycles. The Hall–Kier alpha value is -1.44. The number of sulfonamides is 1. The highest BCUT2D eigenvalue weighted by Gasteiger charge is 2.25. The zero-order chi connectivity index (χ0) is 15.7. The number of nitrogen functional groups attached to an aromatic ring is 1. The highest BCUT2D eigenvalue weighted by molar-refractivity contribution is 7.89. The lowest BCUT2D eigenvalue weighted by molar-refractivity contribution is 0.509. The van der Waals surface area contributed by atoms with Crippen LogP contribution < -0.4 is 10.5 Å². The van der Waals surface area contributed by atoms with E-state index >= 15 is 0 Å². The summed E-state index contributed by atoms with van der Waals surface area (Å²) in [5.74, 6) is -0.673. The number of hydrogen-bond acceptors (Lipinski definition) is 4. The van der Waals surface area contributed by atoms with Crippen molar-refractivity contribution in [1.82, 2.24) is 4.72 Å². The number of benzene rings is 1. The summed E-state index contributed by atoms with van der Waals surface area (Å²) in [6.45, 7) is 4.11. The smallest absolute Gasteiger partial charge is 0.240 e. The Morgan fingerprint density at radius 3 is 2.62 bits per heavy atom. The van der Waals surface area contributed by atoms with E-state index in [4.69, 9.17) is 5.73 Å². The highest BCUT2D eigenvalue weighted by Crippen LogP contribution is 2.27. The molecule has 114 valence electrons. The van der Waals surface area contributed by atoms with Crippen LogP contribution >= 0.6 is 11.3 Å². The molecule has 0 spiro atoms. The molecule has 1 aromatic heterocycles. The number of nitrogens with one attached hydrogen (secondary N) is 1. The first-order chi connectivity index (χ1) is 9.71. The van der Waals surface area contributed by atoms with Gasteiger partial charge in [-0.1, -0.05) is 19.9 Å². The molecule has 21 heavy (non-hydrogen) atoms. The van der Waals surface area contributed by atoms with Gasteiger partial charge in [0.2, 0.25) is 10.0 Å². The number of thiophene rings is 1. The van der Waals surface area contributed by atoms with Gasteiger partial charge in [0, 0.05) is 22.5 Å². The van der Waals surface area contributed by atoms with Gasteiger partial charge in [0.05, 0.1) is 4.90 Å². The molecule has 7 heteroatoms. The molecule has 0 radical (unpaired) electrons. The van der Waals surface area contributed by atoms with Crippen molar-refractivity contribution >= 4 is 27.0 Å². The van der Waals surface area contributed by atoms with Crippen LogP contribution in [-0.2, 0) is 15.4 Å². The van der Waals surface area contributed by atoms with E-state index in [1.807, 2.05) is 31.4 Å². The highest BCUT2D eigenvalue weighted by atomic mass is 32.2. The average molecular weight is 328 g/mol. The number of halogens is 1. The van der Waals surface area contributed by atoms with Crippen LogP contribution in [0, 0.1) is 5.82 Å². The van der Waals surface area contributed by atoms with Gasteiger partial charge in [-0.2, -0.15) is 0 Å². The predicted octanol–water partition coefficient (Wildman–Crippen LogP) is 2.73. The van der Waals surface area contributed by atoms with Gasteiger partial charge in [-0.15, -0.1) is 11.3 Å². The first kappa shape index (κ1) is 15.9. The van der Waals surface area contributed by atoms with Crippen LogP contribution in [0.3, 0.4) is 0 Å².